The minimum atomic E-state index is -0.862. The Labute approximate surface area is 151 Å². The van der Waals surface area contributed by atoms with Gasteiger partial charge in [-0.3, -0.25) is 9.59 Å². The van der Waals surface area contributed by atoms with E-state index in [9.17, 15) is 14.7 Å². The number of carboxylic acids is 1. The lowest BCUT2D eigenvalue weighted by atomic mass is 10.0. The number of aliphatic carboxylic acids is 1. The Morgan fingerprint density at radius 2 is 1.92 bits per heavy atom. The van der Waals surface area contributed by atoms with E-state index < -0.39 is 17.9 Å². The lowest BCUT2D eigenvalue weighted by molar-refractivity contribution is -0.143. The van der Waals surface area contributed by atoms with Crippen molar-refractivity contribution < 1.29 is 14.7 Å². The number of carboxylic acid groups (broad SMARTS) is 1. The molecule has 2 aromatic rings. The van der Waals surface area contributed by atoms with Gasteiger partial charge in [0.15, 0.2) is 6.04 Å². The van der Waals surface area contributed by atoms with Crippen molar-refractivity contribution in [3.8, 4) is 11.4 Å². The third-order valence-electron chi connectivity index (χ3n) is 4.95. The van der Waals surface area contributed by atoms with Gasteiger partial charge in [-0.1, -0.05) is 44.2 Å². The zero-order valence-corrected chi connectivity index (χ0v) is 15.1. The number of carbonyl (C=O) groups excluding carboxylic acids is 1. The maximum atomic E-state index is 13.1. The lowest BCUT2D eigenvalue weighted by Crippen LogP contribution is -2.43. The summed E-state index contributed by atoms with van der Waals surface area (Å²) in [5.74, 6) is -1.15. The second-order valence-corrected chi connectivity index (χ2v) is 6.99. The van der Waals surface area contributed by atoms with E-state index in [2.05, 4.69) is 15.4 Å². The van der Waals surface area contributed by atoms with Crippen LogP contribution in [0.25, 0.3) is 11.4 Å². The Morgan fingerprint density at radius 1 is 1.23 bits per heavy atom. The molecular weight excluding hydrogens is 334 g/mol. The Bertz CT molecular complexity index is 789. The topological polar surface area (TPSA) is 101 Å². The molecule has 0 spiro atoms. The summed E-state index contributed by atoms with van der Waals surface area (Å²) >= 11 is 0. The molecule has 8 nitrogen and oxygen atoms in total. The normalized spacial score (nSPS) is 21.2. The van der Waals surface area contributed by atoms with E-state index in [1.54, 1.807) is 11.8 Å². The van der Waals surface area contributed by atoms with Crippen molar-refractivity contribution >= 4 is 11.9 Å². The van der Waals surface area contributed by atoms with Crippen LogP contribution in [0.1, 0.15) is 33.2 Å². The molecule has 0 aliphatic carbocycles. The fraction of sp³-hybridized carbons (Fsp3) is 0.500. The summed E-state index contributed by atoms with van der Waals surface area (Å²) in [6.07, 6.45) is 0.465. The van der Waals surface area contributed by atoms with Crippen molar-refractivity contribution in [3.05, 3.63) is 30.3 Å². The van der Waals surface area contributed by atoms with Crippen LogP contribution < -0.4 is 0 Å². The second-order valence-electron chi connectivity index (χ2n) is 6.99. The van der Waals surface area contributed by atoms with Crippen molar-refractivity contribution in [2.24, 2.45) is 11.8 Å². The van der Waals surface area contributed by atoms with E-state index in [-0.39, 0.29) is 17.9 Å². The molecule has 1 aromatic heterocycles. The molecule has 0 saturated carbocycles. The van der Waals surface area contributed by atoms with Gasteiger partial charge >= 0.3 is 5.97 Å². The third-order valence-corrected chi connectivity index (χ3v) is 4.95. The predicted molar refractivity (Wildman–Crippen MR) is 94.0 cm³/mol. The van der Waals surface area contributed by atoms with Crippen molar-refractivity contribution in [1.82, 2.24) is 25.1 Å². The van der Waals surface area contributed by atoms with E-state index in [1.165, 1.54) is 4.80 Å². The van der Waals surface area contributed by atoms with Crippen molar-refractivity contribution in [2.45, 2.75) is 39.3 Å². The molecule has 1 aliphatic heterocycles. The average molecular weight is 357 g/mol. The quantitative estimate of drug-likeness (QED) is 0.876. The smallest absolute Gasteiger partial charge is 0.308 e. The molecule has 2 heterocycles. The van der Waals surface area contributed by atoms with Gasteiger partial charge in [-0.05, 0) is 24.5 Å². The van der Waals surface area contributed by atoms with Crippen molar-refractivity contribution in [1.29, 1.82) is 0 Å². The molecule has 1 aromatic carbocycles. The standard InChI is InChI=1S/C18H23N5O3/c1-11(2)15(17(24)22-10-9-14(12(22)3)18(25)26)23-20-16(19-21-23)13-7-5-4-6-8-13/h4-8,11-12,14-15H,9-10H2,1-3H3,(H,25,26). The number of carbonyl (C=O) groups is 2. The number of hydrogen-bond donors (Lipinski definition) is 1. The summed E-state index contributed by atoms with van der Waals surface area (Å²) in [6, 6.07) is 8.48. The summed E-state index contributed by atoms with van der Waals surface area (Å²) < 4.78 is 0. The average Bonchev–Trinajstić information content (AvgIpc) is 3.22. The van der Waals surface area contributed by atoms with Crippen LogP contribution in [0.5, 0.6) is 0 Å². The van der Waals surface area contributed by atoms with Gasteiger partial charge in [0.1, 0.15) is 0 Å². The maximum Gasteiger partial charge on any atom is 0.308 e. The summed E-state index contributed by atoms with van der Waals surface area (Å²) in [4.78, 5) is 27.4. The first-order valence-corrected chi connectivity index (χ1v) is 8.78. The number of tetrazole rings is 1. The van der Waals surface area contributed by atoms with Gasteiger partial charge in [0.05, 0.1) is 5.92 Å². The summed E-state index contributed by atoms with van der Waals surface area (Å²) in [5.41, 5.74) is 0.828. The molecular formula is C18H23N5O3. The van der Waals surface area contributed by atoms with Crippen LogP contribution in [0.3, 0.4) is 0 Å². The number of nitrogens with zero attached hydrogens (tertiary/aromatic N) is 5. The fourth-order valence-electron chi connectivity index (χ4n) is 3.45. The van der Waals surface area contributed by atoms with Gasteiger partial charge < -0.3 is 10.0 Å². The van der Waals surface area contributed by atoms with E-state index >= 15 is 0 Å². The van der Waals surface area contributed by atoms with Gasteiger partial charge in [-0.25, -0.2) is 0 Å². The monoisotopic (exact) mass is 357 g/mol. The summed E-state index contributed by atoms with van der Waals surface area (Å²) in [7, 11) is 0. The molecule has 138 valence electrons. The molecule has 26 heavy (non-hydrogen) atoms. The van der Waals surface area contributed by atoms with Gasteiger partial charge in [-0.15, -0.1) is 10.2 Å². The Kier molecular flexibility index (Phi) is 5.01. The molecule has 1 amide bonds. The lowest BCUT2D eigenvalue weighted by Gasteiger charge is -2.28. The molecule has 1 saturated heterocycles. The van der Waals surface area contributed by atoms with Crippen molar-refractivity contribution in [2.75, 3.05) is 6.54 Å². The Hall–Kier alpha value is -2.77. The van der Waals surface area contributed by atoms with Crippen LogP contribution in [-0.2, 0) is 9.59 Å². The van der Waals surface area contributed by atoms with E-state index in [0.29, 0.717) is 18.8 Å². The molecule has 3 unspecified atom stereocenters. The molecule has 3 rings (SSSR count). The van der Waals surface area contributed by atoms with Crippen molar-refractivity contribution in [3.63, 3.8) is 0 Å². The van der Waals surface area contributed by atoms with Crippen LogP contribution in [-0.4, -0.2) is 54.7 Å². The zero-order chi connectivity index (χ0) is 18.8. The van der Waals surface area contributed by atoms with Crippen LogP contribution >= 0.6 is 0 Å². The highest BCUT2D eigenvalue weighted by molar-refractivity contribution is 5.82. The number of likely N-dealkylation sites (tertiary alicyclic amines) is 1. The van der Waals surface area contributed by atoms with Crippen LogP contribution in [0.15, 0.2) is 30.3 Å². The molecule has 0 radical (unpaired) electrons. The van der Waals surface area contributed by atoms with E-state index in [0.717, 1.165) is 5.56 Å². The van der Waals surface area contributed by atoms with Gasteiger partial charge in [0, 0.05) is 18.2 Å². The predicted octanol–water partition coefficient (Wildman–Crippen LogP) is 1.86. The minimum Gasteiger partial charge on any atom is -0.481 e. The first kappa shape index (κ1) is 18.0. The molecule has 8 heteroatoms. The second kappa shape index (κ2) is 7.23. The van der Waals surface area contributed by atoms with Gasteiger partial charge in [-0.2, -0.15) is 4.80 Å². The largest absolute Gasteiger partial charge is 0.481 e. The van der Waals surface area contributed by atoms with Crippen LogP contribution in [0, 0.1) is 11.8 Å². The Morgan fingerprint density at radius 3 is 2.50 bits per heavy atom. The minimum absolute atomic E-state index is 0.0589. The Balaban J connectivity index is 1.85. The van der Waals surface area contributed by atoms with E-state index in [4.69, 9.17) is 0 Å². The maximum absolute atomic E-state index is 13.1. The zero-order valence-electron chi connectivity index (χ0n) is 15.1. The number of benzene rings is 1. The highest BCUT2D eigenvalue weighted by Gasteiger charge is 2.42. The summed E-state index contributed by atoms with van der Waals surface area (Å²) in [6.45, 7) is 6.05. The first-order valence-electron chi connectivity index (χ1n) is 8.78. The number of rotatable bonds is 5. The highest BCUT2D eigenvalue weighted by Crippen LogP contribution is 2.29. The third kappa shape index (κ3) is 3.31. The van der Waals surface area contributed by atoms with Gasteiger partial charge in [0.2, 0.25) is 11.7 Å². The number of hydrogen-bond acceptors (Lipinski definition) is 5. The van der Waals surface area contributed by atoms with Crippen LogP contribution in [0.2, 0.25) is 0 Å². The first-order chi connectivity index (χ1) is 12.4. The molecule has 3 atom stereocenters. The number of aromatic nitrogens is 4. The van der Waals surface area contributed by atoms with E-state index in [1.807, 2.05) is 44.2 Å². The molecule has 1 N–H and O–H groups in total. The molecule has 1 fully saturated rings. The fourth-order valence-corrected chi connectivity index (χ4v) is 3.45. The summed E-state index contributed by atoms with van der Waals surface area (Å²) in [5, 5.41) is 21.9. The highest BCUT2D eigenvalue weighted by atomic mass is 16.4. The SMILES string of the molecule is CC(C)C(C(=O)N1CCC(C(=O)O)C1C)n1nnc(-c2ccccc2)n1. The van der Waals surface area contributed by atoms with Gasteiger partial charge in [0.25, 0.3) is 0 Å². The molecule has 0 bridgehead atoms. The number of amides is 1. The van der Waals surface area contributed by atoms with Crippen LogP contribution in [0.4, 0.5) is 0 Å². The molecule has 1 aliphatic rings.